The van der Waals surface area contributed by atoms with Gasteiger partial charge in [0, 0.05) is 18.8 Å². The van der Waals surface area contributed by atoms with Gasteiger partial charge in [-0.1, -0.05) is 23.2 Å². The van der Waals surface area contributed by atoms with Crippen molar-refractivity contribution in [3.05, 3.63) is 77.4 Å². The number of ether oxygens (including phenoxy) is 1. The lowest BCUT2D eigenvalue weighted by Gasteiger charge is -2.13. The summed E-state index contributed by atoms with van der Waals surface area (Å²) in [5.74, 6) is 0.282. The monoisotopic (exact) mass is 435 g/mol. The van der Waals surface area contributed by atoms with Crippen molar-refractivity contribution in [1.29, 1.82) is 5.26 Å². The van der Waals surface area contributed by atoms with Crippen LogP contribution < -0.4 is 21.5 Å². The van der Waals surface area contributed by atoms with Gasteiger partial charge >= 0.3 is 5.69 Å². The molecule has 29 heavy (non-hydrogen) atoms. The number of H-pyrrole nitrogens is 1. The summed E-state index contributed by atoms with van der Waals surface area (Å²) in [4.78, 5) is 37.2. The maximum absolute atomic E-state index is 12.0. The summed E-state index contributed by atoms with van der Waals surface area (Å²) in [5.41, 5.74) is -2.54. The summed E-state index contributed by atoms with van der Waals surface area (Å²) < 4.78 is 7.66. The molecule has 12 heteroatoms. The SMILES string of the molecule is N#Cc1nn(-c2cc(Cl)c(Oc3ccc(=O)n(CCO)c3)c(Cl)c2)c(=O)[nH]c1=O. The first-order valence-corrected chi connectivity index (χ1v) is 8.72. The maximum Gasteiger partial charge on any atom is 0.349 e. The van der Waals surface area contributed by atoms with Crippen LogP contribution in [0.4, 0.5) is 0 Å². The predicted molar refractivity (Wildman–Crippen MR) is 103 cm³/mol. The molecule has 0 radical (unpaired) electrons. The number of aliphatic hydroxyl groups excluding tert-OH is 1. The Bertz CT molecular complexity index is 1280. The number of aromatic nitrogens is 4. The normalized spacial score (nSPS) is 10.6. The van der Waals surface area contributed by atoms with Crippen molar-refractivity contribution in [1.82, 2.24) is 19.3 Å². The largest absolute Gasteiger partial charge is 0.453 e. The first-order chi connectivity index (χ1) is 13.8. The third-order valence-corrected chi connectivity index (χ3v) is 4.24. The summed E-state index contributed by atoms with van der Waals surface area (Å²) >= 11 is 12.5. The molecule has 3 aromatic rings. The molecule has 0 atom stereocenters. The second-order valence-electron chi connectivity index (χ2n) is 5.59. The predicted octanol–water partition coefficient (Wildman–Crippen LogP) is 1.05. The second-order valence-corrected chi connectivity index (χ2v) is 6.41. The van der Waals surface area contributed by atoms with Crippen LogP contribution in [0, 0.1) is 11.3 Å². The molecule has 0 saturated carbocycles. The Morgan fingerprint density at radius 3 is 2.52 bits per heavy atom. The Balaban J connectivity index is 2.03. The minimum Gasteiger partial charge on any atom is -0.453 e. The van der Waals surface area contributed by atoms with Crippen LogP contribution in [-0.2, 0) is 6.54 Å². The van der Waals surface area contributed by atoms with Gasteiger partial charge in [0.2, 0.25) is 5.69 Å². The first-order valence-electron chi connectivity index (χ1n) is 7.96. The molecule has 0 fully saturated rings. The Morgan fingerprint density at radius 2 is 1.90 bits per heavy atom. The fourth-order valence-corrected chi connectivity index (χ4v) is 2.94. The number of nitrogens with one attached hydrogen (secondary N) is 1. The van der Waals surface area contributed by atoms with Crippen LogP contribution in [0.1, 0.15) is 5.69 Å². The quantitative estimate of drug-likeness (QED) is 0.609. The van der Waals surface area contributed by atoms with Gasteiger partial charge < -0.3 is 14.4 Å². The number of pyridine rings is 1. The molecule has 0 bridgehead atoms. The lowest BCUT2D eigenvalue weighted by atomic mass is 10.3. The van der Waals surface area contributed by atoms with Crippen molar-refractivity contribution in [3.63, 3.8) is 0 Å². The van der Waals surface area contributed by atoms with Crippen LogP contribution in [0.3, 0.4) is 0 Å². The van der Waals surface area contributed by atoms with Gasteiger partial charge in [-0.15, -0.1) is 5.10 Å². The minimum absolute atomic E-state index is 0.00539. The van der Waals surface area contributed by atoms with Gasteiger partial charge in [-0.25, -0.2) is 4.79 Å². The van der Waals surface area contributed by atoms with E-state index in [-0.39, 0.29) is 45.9 Å². The molecule has 0 saturated heterocycles. The van der Waals surface area contributed by atoms with E-state index < -0.39 is 16.9 Å². The molecule has 0 unspecified atom stereocenters. The standard InChI is InChI=1S/C17H11Cl2N5O5/c18-11-5-9(24-17(28)21-16(27)13(7-20)22-24)6-12(19)15(11)29-10-1-2-14(26)23(8-10)3-4-25/h1-2,5-6,8,25H,3-4H2,(H,21,27,28). The molecule has 0 aliphatic rings. The number of hydrogen-bond acceptors (Lipinski definition) is 7. The molecular formula is C17H11Cl2N5O5. The molecule has 0 aliphatic heterocycles. The molecule has 2 heterocycles. The average molecular weight is 436 g/mol. The smallest absolute Gasteiger partial charge is 0.349 e. The van der Waals surface area contributed by atoms with Crippen LogP contribution in [0.15, 0.2) is 44.8 Å². The van der Waals surface area contributed by atoms with Crippen molar-refractivity contribution >= 4 is 23.2 Å². The van der Waals surface area contributed by atoms with Gasteiger partial charge in [0.05, 0.1) is 22.3 Å². The highest BCUT2D eigenvalue weighted by molar-refractivity contribution is 6.37. The topological polar surface area (TPSA) is 143 Å². The highest BCUT2D eigenvalue weighted by atomic mass is 35.5. The summed E-state index contributed by atoms with van der Waals surface area (Å²) in [6.07, 6.45) is 1.38. The van der Waals surface area contributed by atoms with Gasteiger partial charge in [0.15, 0.2) is 5.75 Å². The maximum atomic E-state index is 12.0. The third kappa shape index (κ3) is 4.22. The van der Waals surface area contributed by atoms with E-state index in [0.29, 0.717) is 0 Å². The van der Waals surface area contributed by atoms with E-state index in [4.69, 9.17) is 38.3 Å². The minimum atomic E-state index is -0.913. The van der Waals surface area contributed by atoms with E-state index in [1.807, 2.05) is 4.98 Å². The van der Waals surface area contributed by atoms with E-state index in [9.17, 15) is 14.4 Å². The Labute approximate surface area is 171 Å². The van der Waals surface area contributed by atoms with Gasteiger partial charge in [-0.3, -0.25) is 14.6 Å². The number of aliphatic hydroxyl groups is 1. The summed E-state index contributed by atoms with van der Waals surface area (Å²) in [6, 6.07) is 6.85. The molecule has 2 N–H and O–H groups in total. The van der Waals surface area contributed by atoms with E-state index in [2.05, 4.69) is 5.10 Å². The van der Waals surface area contributed by atoms with Crippen molar-refractivity contribution < 1.29 is 9.84 Å². The average Bonchev–Trinajstić information content (AvgIpc) is 2.67. The number of halogens is 2. The highest BCUT2D eigenvalue weighted by Crippen LogP contribution is 2.37. The van der Waals surface area contributed by atoms with Crippen LogP contribution in [0.5, 0.6) is 11.5 Å². The van der Waals surface area contributed by atoms with Gasteiger partial charge in [0.25, 0.3) is 11.1 Å². The van der Waals surface area contributed by atoms with Crippen LogP contribution >= 0.6 is 23.2 Å². The lowest BCUT2D eigenvalue weighted by Crippen LogP contribution is -2.33. The van der Waals surface area contributed by atoms with E-state index in [1.54, 1.807) is 6.07 Å². The van der Waals surface area contributed by atoms with E-state index >= 15 is 0 Å². The molecule has 0 amide bonds. The zero-order valence-electron chi connectivity index (χ0n) is 14.4. The van der Waals surface area contributed by atoms with Gasteiger partial charge in [0.1, 0.15) is 11.8 Å². The van der Waals surface area contributed by atoms with Crippen molar-refractivity contribution in [2.75, 3.05) is 6.61 Å². The number of nitrogens with zero attached hydrogens (tertiary/aromatic N) is 4. The molecule has 3 rings (SSSR count). The Kier molecular flexibility index (Phi) is 5.84. The zero-order valence-corrected chi connectivity index (χ0v) is 15.9. The van der Waals surface area contributed by atoms with E-state index in [1.165, 1.54) is 35.0 Å². The Hall–Kier alpha value is -3.39. The van der Waals surface area contributed by atoms with Gasteiger partial charge in [-0.05, 0) is 18.2 Å². The molecular weight excluding hydrogens is 425 g/mol. The Morgan fingerprint density at radius 1 is 1.21 bits per heavy atom. The van der Waals surface area contributed by atoms with Crippen molar-refractivity contribution in [3.8, 4) is 23.3 Å². The van der Waals surface area contributed by atoms with E-state index in [0.717, 1.165) is 4.68 Å². The summed E-state index contributed by atoms with van der Waals surface area (Å²) in [6.45, 7) is -0.149. The zero-order chi connectivity index (χ0) is 21.1. The van der Waals surface area contributed by atoms with Gasteiger partial charge in [-0.2, -0.15) is 9.94 Å². The summed E-state index contributed by atoms with van der Waals surface area (Å²) in [7, 11) is 0. The highest BCUT2D eigenvalue weighted by Gasteiger charge is 2.15. The first kappa shape index (κ1) is 20.3. The fourth-order valence-electron chi connectivity index (χ4n) is 2.38. The second kappa shape index (κ2) is 8.32. The molecule has 1 aromatic carbocycles. The molecule has 0 spiro atoms. The molecule has 148 valence electrons. The number of hydrogen-bond donors (Lipinski definition) is 2. The van der Waals surface area contributed by atoms with Crippen LogP contribution in [0.25, 0.3) is 5.69 Å². The number of aromatic amines is 1. The number of rotatable bonds is 5. The van der Waals surface area contributed by atoms with Crippen LogP contribution in [-0.4, -0.2) is 31.0 Å². The molecule has 10 nitrogen and oxygen atoms in total. The lowest BCUT2D eigenvalue weighted by molar-refractivity contribution is 0.273. The summed E-state index contributed by atoms with van der Waals surface area (Å²) in [5, 5.41) is 21.6. The van der Waals surface area contributed by atoms with Crippen molar-refractivity contribution in [2.45, 2.75) is 6.54 Å². The third-order valence-electron chi connectivity index (χ3n) is 3.68. The fraction of sp³-hybridized carbons (Fsp3) is 0.118. The van der Waals surface area contributed by atoms with Crippen LogP contribution in [0.2, 0.25) is 10.0 Å². The number of nitriles is 1. The van der Waals surface area contributed by atoms with Crippen molar-refractivity contribution in [2.24, 2.45) is 0 Å². The number of benzene rings is 1. The molecule has 2 aromatic heterocycles. The molecule has 0 aliphatic carbocycles.